The molecule has 1 N–H and O–H groups in total. The zero-order valence-corrected chi connectivity index (χ0v) is 22.1. The number of aliphatic hydroxyl groups excluding tert-OH is 1. The summed E-state index contributed by atoms with van der Waals surface area (Å²) >= 11 is 0. The minimum Gasteiger partial charge on any atom is -0.462 e. The molecule has 3 aliphatic rings. The van der Waals surface area contributed by atoms with Gasteiger partial charge in [-0.25, -0.2) is 0 Å². The number of ketones is 1. The number of carbonyl (C=O) groups is 3. The van der Waals surface area contributed by atoms with Gasteiger partial charge in [-0.3, -0.25) is 14.4 Å². The zero-order valence-electron chi connectivity index (χ0n) is 22.1. The monoisotopic (exact) mass is 488 g/mol. The van der Waals surface area contributed by atoms with Crippen molar-refractivity contribution in [1.82, 2.24) is 0 Å². The SMILES string of the molecule is CCC(C)C(=O)CC[C@H](C)C(=O)O[C@H]1C[C@@H](C)C=C2C=C[C@H](C)[C@H](CC[C@H]3C[C@@H](O)CC(=O)O3)[C@H]21. The Kier molecular flexibility index (Phi) is 9.74. The van der Waals surface area contributed by atoms with E-state index in [-0.39, 0.29) is 60.0 Å². The van der Waals surface area contributed by atoms with E-state index in [0.717, 1.165) is 19.3 Å². The van der Waals surface area contributed by atoms with Gasteiger partial charge in [0.2, 0.25) is 0 Å². The summed E-state index contributed by atoms with van der Waals surface area (Å²) in [6.07, 6.45) is 10.2. The first kappa shape index (κ1) is 27.6. The molecular formula is C29H44O6. The molecule has 196 valence electrons. The van der Waals surface area contributed by atoms with Gasteiger partial charge in [0, 0.05) is 24.7 Å². The van der Waals surface area contributed by atoms with E-state index in [4.69, 9.17) is 9.47 Å². The molecule has 1 fully saturated rings. The molecule has 0 saturated carbocycles. The number of rotatable bonds is 10. The third-order valence-corrected chi connectivity index (χ3v) is 8.31. The van der Waals surface area contributed by atoms with Crippen LogP contribution < -0.4 is 0 Å². The minimum absolute atomic E-state index is 0.0333. The molecule has 6 nitrogen and oxygen atoms in total. The average molecular weight is 489 g/mol. The van der Waals surface area contributed by atoms with E-state index >= 15 is 0 Å². The number of cyclic esters (lactones) is 1. The first-order chi connectivity index (χ1) is 16.6. The number of hydrogen-bond donors (Lipinski definition) is 1. The summed E-state index contributed by atoms with van der Waals surface area (Å²) in [6.45, 7) is 10.2. The second-order valence-corrected chi connectivity index (χ2v) is 11.3. The Morgan fingerprint density at radius 2 is 1.91 bits per heavy atom. The lowest BCUT2D eigenvalue weighted by Crippen LogP contribution is -2.42. The van der Waals surface area contributed by atoms with Gasteiger partial charge >= 0.3 is 11.9 Å². The molecule has 9 atom stereocenters. The summed E-state index contributed by atoms with van der Waals surface area (Å²) in [5.74, 6) is 0.372. The average Bonchev–Trinajstić information content (AvgIpc) is 2.80. The summed E-state index contributed by atoms with van der Waals surface area (Å²) in [6, 6.07) is 0. The van der Waals surface area contributed by atoms with Gasteiger partial charge in [-0.15, -0.1) is 0 Å². The fourth-order valence-corrected chi connectivity index (χ4v) is 5.85. The van der Waals surface area contributed by atoms with Crippen molar-refractivity contribution < 1.29 is 29.0 Å². The Morgan fingerprint density at radius 3 is 2.60 bits per heavy atom. The Labute approximate surface area is 210 Å². The van der Waals surface area contributed by atoms with Crippen LogP contribution in [-0.4, -0.2) is 41.1 Å². The van der Waals surface area contributed by atoms with Crippen LogP contribution in [0.5, 0.6) is 0 Å². The first-order valence-electron chi connectivity index (χ1n) is 13.6. The molecule has 1 aliphatic heterocycles. The van der Waals surface area contributed by atoms with E-state index in [1.807, 2.05) is 20.8 Å². The maximum atomic E-state index is 13.1. The van der Waals surface area contributed by atoms with Crippen LogP contribution in [0.25, 0.3) is 0 Å². The molecule has 2 aliphatic carbocycles. The third-order valence-electron chi connectivity index (χ3n) is 8.31. The van der Waals surface area contributed by atoms with Gasteiger partial charge in [-0.2, -0.15) is 0 Å². The molecule has 0 bridgehead atoms. The van der Waals surface area contributed by atoms with E-state index in [2.05, 4.69) is 32.1 Å². The van der Waals surface area contributed by atoms with Gasteiger partial charge in [0.05, 0.1) is 18.4 Å². The first-order valence-corrected chi connectivity index (χ1v) is 13.6. The summed E-state index contributed by atoms with van der Waals surface area (Å²) in [5.41, 5.74) is 1.23. The van der Waals surface area contributed by atoms with E-state index in [1.165, 1.54) is 5.57 Å². The highest BCUT2D eigenvalue weighted by molar-refractivity contribution is 5.81. The van der Waals surface area contributed by atoms with Crippen LogP contribution in [0.4, 0.5) is 0 Å². The van der Waals surface area contributed by atoms with Crippen LogP contribution in [0.3, 0.4) is 0 Å². The number of allylic oxidation sites excluding steroid dienone is 3. The van der Waals surface area contributed by atoms with Gasteiger partial charge in [0.15, 0.2) is 0 Å². The van der Waals surface area contributed by atoms with Crippen LogP contribution in [0.1, 0.15) is 86.0 Å². The molecule has 6 heteroatoms. The molecular weight excluding hydrogens is 444 g/mol. The number of esters is 2. The highest BCUT2D eigenvalue weighted by Gasteiger charge is 2.42. The van der Waals surface area contributed by atoms with Gasteiger partial charge in [0.1, 0.15) is 18.0 Å². The quantitative estimate of drug-likeness (QED) is 0.426. The Balaban J connectivity index is 1.66. The molecule has 1 unspecified atom stereocenters. The number of Topliss-reactive ketones (excluding diaryl/α,β-unsaturated/α-hetero) is 1. The van der Waals surface area contributed by atoms with E-state index in [1.54, 1.807) is 0 Å². The van der Waals surface area contributed by atoms with Crippen LogP contribution in [-0.2, 0) is 23.9 Å². The van der Waals surface area contributed by atoms with Crippen molar-refractivity contribution in [3.63, 3.8) is 0 Å². The lowest BCUT2D eigenvalue weighted by atomic mass is 9.65. The Bertz CT molecular complexity index is 829. The van der Waals surface area contributed by atoms with Gasteiger partial charge in [-0.05, 0) is 55.4 Å². The normalized spacial score (nSPS) is 34.3. The smallest absolute Gasteiger partial charge is 0.308 e. The van der Waals surface area contributed by atoms with Crippen LogP contribution in [0, 0.1) is 35.5 Å². The van der Waals surface area contributed by atoms with Crippen LogP contribution >= 0.6 is 0 Å². The lowest BCUT2D eigenvalue weighted by molar-refractivity contribution is -0.162. The van der Waals surface area contributed by atoms with E-state index in [0.29, 0.717) is 37.5 Å². The fraction of sp³-hybridized carbons (Fsp3) is 0.759. The second kappa shape index (κ2) is 12.3. The second-order valence-electron chi connectivity index (χ2n) is 11.3. The predicted octanol–water partition coefficient (Wildman–Crippen LogP) is 5.18. The molecule has 0 radical (unpaired) electrons. The summed E-state index contributed by atoms with van der Waals surface area (Å²) in [5, 5.41) is 9.97. The highest BCUT2D eigenvalue weighted by Crippen LogP contribution is 2.45. The topological polar surface area (TPSA) is 89.9 Å². The van der Waals surface area contributed by atoms with Crippen molar-refractivity contribution in [1.29, 1.82) is 0 Å². The Hall–Kier alpha value is -1.95. The molecule has 0 aromatic rings. The molecule has 0 amide bonds. The van der Waals surface area contributed by atoms with Crippen molar-refractivity contribution in [2.75, 3.05) is 0 Å². The highest BCUT2D eigenvalue weighted by atomic mass is 16.5. The van der Waals surface area contributed by atoms with Crippen molar-refractivity contribution in [2.24, 2.45) is 35.5 Å². The standard InChI is InChI=1S/C29H44O6/c1-6-18(3)25(31)12-8-20(5)29(33)35-26-14-17(2)13-21-9-7-19(4)24(28(21)26)11-10-23-15-22(30)16-27(32)34-23/h7,9,13,17-20,22-24,26,28,30H,6,8,10-12,14-16H2,1-5H3/t17-,18?,19-,20-,22+,23-,24-,26-,28-/m0/s1. The molecule has 1 heterocycles. The fourth-order valence-electron chi connectivity index (χ4n) is 5.85. The maximum absolute atomic E-state index is 13.1. The number of fused-ring (bicyclic) bond motifs is 1. The summed E-state index contributed by atoms with van der Waals surface area (Å²) in [7, 11) is 0. The predicted molar refractivity (Wildman–Crippen MR) is 134 cm³/mol. The molecule has 0 aromatic heterocycles. The molecule has 0 aromatic carbocycles. The number of hydrogen-bond acceptors (Lipinski definition) is 6. The Morgan fingerprint density at radius 1 is 1.17 bits per heavy atom. The minimum atomic E-state index is -0.627. The van der Waals surface area contributed by atoms with E-state index < -0.39 is 6.10 Å². The van der Waals surface area contributed by atoms with E-state index in [9.17, 15) is 19.5 Å². The number of aliphatic hydroxyl groups is 1. The molecule has 3 rings (SSSR count). The zero-order chi connectivity index (χ0) is 25.7. The lowest BCUT2D eigenvalue weighted by Gasteiger charge is -2.43. The van der Waals surface area contributed by atoms with Crippen LogP contribution in [0.15, 0.2) is 23.8 Å². The summed E-state index contributed by atoms with van der Waals surface area (Å²) < 4.78 is 11.7. The largest absolute Gasteiger partial charge is 0.462 e. The van der Waals surface area contributed by atoms with Crippen molar-refractivity contribution in [3.05, 3.63) is 23.8 Å². The van der Waals surface area contributed by atoms with Gasteiger partial charge < -0.3 is 14.6 Å². The van der Waals surface area contributed by atoms with Crippen molar-refractivity contribution >= 4 is 17.7 Å². The van der Waals surface area contributed by atoms with Gasteiger partial charge in [0.25, 0.3) is 0 Å². The van der Waals surface area contributed by atoms with Gasteiger partial charge in [-0.1, -0.05) is 52.8 Å². The third kappa shape index (κ3) is 7.28. The van der Waals surface area contributed by atoms with Crippen LogP contribution in [0.2, 0.25) is 0 Å². The number of ether oxygens (including phenoxy) is 2. The van der Waals surface area contributed by atoms with Crippen molar-refractivity contribution in [2.45, 2.75) is 104 Å². The molecule has 35 heavy (non-hydrogen) atoms. The van der Waals surface area contributed by atoms with Crippen molar-refractivity contribution in [3.8, 4) is 0 Å². The summed E-state index contributed by atoms with van der Waals surface area (Å²) in [4.78, 5) is 37.1. The number of carbonyl (C=O) groups excluding carboxylic acids is 3. The molecule has 1 saturated heterocycles. The maximum Gasteiger partial charge on any atom is 0.308 e. The molecule has 0 spiro atoms.